The van der Waals surface area contributed by atoms with Crippen LogP contribution in [-0.2, 0) is 27.5 Å². The third-order valence-corrected chi connectivity index (χ3v) is 4.81. The number of rotatable bonds is 5. The molecule has 8 nitrogen and oxygen atoms in total. The maximum atomic E-state index is 13.0. The van der Waals surface area contributed by atoms with Crippen molar-refractivity contribution in [3.63, 3.8) is 0 Å². The number of nitrogens with zero attached hydrogens (tertiary/aromatic N) is 2. The second-order valence-electron chi connectivity index (χ2n) is 6.89. The smallest absolute Gasteiger partial charge is 0.331 e. The SMILES string of the molecule is NC(=O)Cn1cc(/C=C2\C(=O)NC(=O)N(Cc3ccccc3)C2=O)c2ccccc21. The summed E-state index contributed by atoms with van der Waals surface area (Å²) in [6.45, 7) is 0.00199. The van der Waals surface area contributed by atoms with Crippen molar-refractivity contribution in [3.05, 3.63) is 77.5 Å². The van der Waals surface area contributed by atoms with Gasteiger partial charge in [-0.05, 0) is 17.7 Å². The summed E-state index contributed by atoms with van der Waals surface area (Å²) in [6, 6.07) is 15.5. The van der Waals surface area contributed by atoms with Crippen molar-refractivity contribution in [2.45, 2.75) is 13.1 Å². The number of para-hydroxylation sites is 1. The van der Waals surface area contributed by atoms with Gasteiger partial charge in [0.2, 0.25) is 5.91 Å². The Morgan fingerprint density at radius 1 is 1.00 bits per heavy atom. The van der Waals surface area contributed by atoms with E-state index >= 15 is 0 Å². The molecule has 0 saturated carbocycles. The van der Waals surface area contributed by atoms with Crippen molar-refractivity contribution in [2.75, 3.05) is 0 Å². The first kappa shape index (κ1) is 19.1. The highest BCUT2D eigenvalue weighted by Crippen LogP contribution is 2.25. The molecule has 0 spiro atoms. The Morgan fingerprint density at radius 2 is 1.70 bits per heavy atom. The van der Waals surface area contributed by atoms with E-state index in [0.717, 1.165) is 21.4 Å². The summed E-state index contributed by atoms with van der Waals surface area (Å²) in [5.41, 5.74) is 7.23. The van der Waals surface area contributed by atoms with Gasteiger partial charge in [0.1, 0.15) is 12.1 Å². The summed E-state index contributed by atoms with van der Waals surface area (Å²) in [7, 11) is 0. The second kappa shape index (κ2) is 7.67. The molecule has 3 aromatic rings. The van der Waals surface area contributed by atoms with Gasteiger partial charge in [-0.25, -0.2) is 4.79 Å². The molecule has 3 N–H and O–H groups in total. The van der Waals surface area contributed by atoms with Crippen LogP contribution in [0.1, 0.15) is 11.1 Å². The van der Waals surface area contributed by atoms with Crippen molar-refractivity contribution in [1.82, 2.24) is 14.8 Å². The average Bonchev–Trinajstić information content (AvgIpc) is 3.06. The predicted octanol–water partition coefficient (Wildman–Crippen LogP) is 1.79. The van der Waals surface area contributed by atoms with E-state index in [2.05, 4.69) is 5.32 Å². The molecule has 2 aromatic carbocycles. The Balaban J connectivity index is 1.73. The molecule has 8 heteroatoms. The molecule has 1 saturated heterocycles. The summed E-state index contributed by atoms with van der Waals surface area (Å²) < 4.78 is 1.65. The number of barbiturate groups is 1. The molecule has 0 atom stereocenters. The molecule has 1 aliphatic heterocycles. The van der Waals surface area contributed by atoms with Crippen LogP contribution >= 0.6 is 0 Å². The molecular formula is C22H18N4O4. The lowest BCUT2D eigenvalue weighted by atomic mass is 10.1. The van der Waals surface area contributed by atoms with Gasteiger partial charge in [-0.15, -0.1) is 0 Å². The molecule has 0 aliphatic carbocycles. The van der Waals surface area contributed by atoms with Crippen molar-refractivity contribution in [3.8, 4) is 0 Å². The van der Waals surface area contributed by atoms with E-state index in [1.165, 1.54) is 6.08 Å². The molecule has 0 unspecified atom stereocenters. The monoisotopic (exact) mass is 402 g/mol. The zero-order chi connectivity index (χ0) is 21.3. The minimum atomic E-state index is -0.763. The van der Waals surface area contributed by atoms with Crippen LogP contribution in [-0.4, -0.2) is 33.2 Å². The third kappa shape index (κ3) is 3.58. The Hall–Kier alpha value is -4.20. The van der Waals surface area contributed by atoms with E-state index in [4.69, 9.17) is 5.73 Å². The van der Waals surface area contributed by atoms with Gasteiger partial charge in [0.25, 0.3) is 11.8 Å². The highest BCUT2D eigenvalue weighted by molar-refractivity contribution is 6.31. The van der Waals surface area contributed by atoms with Crippen molar-refractivity contribution in [1.29, 1.82) is 0 Å². The number of carbonyl (C=O) groups excluding carboxylic acids is 4. The van der Waals surface area contributed by atoms with Crippen LogP contribution in [0.5, 0.6) is 0 Å². The Morgan fingerprint density at radius 3 is 2.43 bits per heavy atom. The molecule has 4 rings (SSSR count). The number of hydrogen-bond donors (Lipinski definition) is 2. The minimum Gasteiger partial charge on any atom is -0.368 e. The minimum absolute atomic E-state index is 0.0392. The molecular weight excluding hydrogens is 384 g/mol. The van der Waals surface area contributed by atoms with Crippen LogP contribution in [0.2, 0.25) is 0 Å². The van der Waals surface area contributed by atoms with Crippen LogP contribution < -0.4 is 11.1 Å². The average molecular weight is 402 g/mol. The molecule has 0 radical (unpaired) electrons. The number of amides is 5. The standard InChI is InChI=1S/C22H18N4O4/c23-19(27)13-25-12-15(16-8-4-5-9-18(16)25)10-17-20(28)24-22(30)26(21(17)29)11-14-6-2-1-3-7-14/h1-10,12H,11,13H2,(H2,23,27)(H,24,28,30)/b17-10+. The number of urea groups is 1. The van der Waals surface area contributed by atoms with Gasteiger partial charge < -0.3 is 10.3 Å². The number of nitrogens with two attached hydrogens (primary N) is 1. The number of carbonyl (C=O) groups is 4. The zero-order valence-corrected chi connectivity index (χ0v) is 15.9. The first-order valence-electron chi connectivity index (χ1n) is 9.23. The first-order chi connectivity index (χ1) is 14.4. The number of primary amides is 1. The Kier molecular flexibility index (Phi) is 4.89. The number of imide groups is 2. The zero-order valence-electron chi connectivity index (χ0n) is 15.9. The molecule has 5 amide bonds. The number of fused-ring (bicyclic) bond motifs is 1. The normalized spacial score (nSPS) is 15.7. The first-order valence-corrected chi connectivity index (χ1v) is 9.23. The molecule has 1 aromatic heterocycles. The van der Waals surface area contributed by atoms with E-state index in [-0.39, 0.29) is 18.7 Å². The summed E-state index contributed by atoms with van der Waals surface area (Å²) in [5.74, 6) is -1.96. The molecule has 2 heterocycles. The number of benzene rings is 2. The van der Waals surface area contributed by atoms with Gasteiger partial charge >= 0.3 is 6.03 Å². The molecule has 1 fully saturated rings. The predicted molar refractivity (Wildman–Crippen MR) is 110 cm³/mol. The van der Waals surface area contributed by atoms with Gasteiger partial charge in [-0.2, -0.15) is 0 Å². The van der Waals surface area contributed by atoms with Crippen LogP contribution in [0, 0.1) is 0 Å². The second-order valence-corrected chi connectivity index (χ2v) is 6.89. The fourth-order valence-corrected chi connectivity index (χ4v) is 3.45. The van der Waals surface area contributed by atoms with Crippen molar-refractivity contribution >= 4 is 40.7 Å². The topological polar surface area (TPSA) is 114 Å². The van der Waals surface area contributed by atoms with E-state index in [9.17, 15) is 19.2 Å². The fraction of sp³-hybridized carbons (Fsp3) is 0.0909. The van der Waals surface area contributed by atoms with Crippen molar-refractivity contribution in [2.24, 2.45) is 5.73 Å². The highest BCUT2D eigenvalue weighted by atomic mass is 16.2. The van der Waals surface area contributed by atoms with Crippen LogP contribution in [0.25, 0.3) is 17.0 Å². The largest absolute Gasteiger partial charge is 0.368 e. The van der Waals surface area contributed by atoms with Gasteiger partial charge in [-0.1, -0.05) is 48.5 Å². The van der Waals surface area contributed by atoms with Gasteiger partial charge in [0, 0.05) is 22.7 Å². The van der Waals surface area contributed by atoms with Crippen LogP contribution in [0.3, 0.4) is 0 Å². The number of aromatic nitrogens is 1. The lowest BCUT2D eigenvalue weighted by Gasteiger charge is -2.26. The molecule has 0 bridgehead atoms. The molecule has 30 heavy (non-hydrogen) atoms. The lowest BCUT2D eigenvalue weighted by Crippen LogP contribution is -2.53. The molecule has 1 aliphatic rings. The summed E-state index contributed by atoms with van der Waals surface area (Å²) in [5, 5.41) is 2.96. The molecule has 150 valence electrons. The van der Waals surface area contributed by atoms with E-state index < -0.39 is 23.8 Å². The lowest BCUT2D eigenvalue weighted by molar-refractivity contribution is -0.130. The Bertz CT molecular complexity index is 1210. The van der Waals surface area contributed by atoms with E-state index in [1.54, 1.807) is 35.0 Å². The number of hydrogen-bond acceptors (Lipinski definition) is 4. The summed E-state index contributed by atoms with van der Waals surface area (Å²) in [6.07, 6.45) is 3.09. The van der Waals surface area contributed by atoms with Crippen LogP contribution in [0.4, 0.5) is 4.79 Å². The van der Waals surface area contributed by atoms with E-state index in [1.807, 2.05) is 30.3 Å². The van der Waals surface area contributed by atoms with Gasteiger partial charge in [-0.3, -0.25) is 24.6 Å². The summed E-state index contributed by atoms with van der Waals surface area (Å²) in [4.78, 5) is 50.0. The van der Waals surface area contributed by atoms with Crippen LogP contribution in [0.15, 0.2) is 66.4 Å². The van der Waals surface area contributed by atoms with Gasteiger partial charge in [0.15, 0.2) is 0 Å². The highest BCUT2D eigenvalue weighted by Gasteiger charge is 2.35. The summed E-state index contributed by atoms with van der Waals surface area (Å²) >= 11 is 0. The quantitative estimate of drug-likeness (QED) is 0.500. The Labute approximate surface area is 171 Å². The van der Waals surface area contributed by atoms with Crippen molar-refractivity contribution < 1.29 is 19.2 Å². The van der Waals surface area contributed by atoms with E-state index in [0.29, 0.717) is 5.56 Å². The maximum Gasteiger partial charge on any atom is 0.331 e. The fourth-order valence-electron chi connectivity index (χ4n) is 3.45. The number of nitrogens with one attached hydrogen (secondary N) is 1. The van der Waals surface area contributed by atoms with Gasteiger partial charge in [0.05, 0.1) is 6.54 Å². The maximum absolute atomic E-state index is 13.0. The third-order valence-electron chi connectivity index (χ3n) is 4.81.